The zero-order chi connectivity index (χ0) is 28.0. The van der Waals surface area contributed by atoms with Gasteiger partial charge in [-0.2, -0.15) is 0 Å². The minimum atomic E-state index is -0.559. The number of fused-ring (bicyclic) bond motifs is 2. The first kappa shape index (κ1) is 25.0. The molecule has 0 spiro atoms. The van der Waals surface area contributed by atoms with E-state index in [4.69, 9.17) is 0 Å². The topological polar surface area (TPSA) is 130 Å². The molecule has 39 heavy (non-hydrogen) atoms. The van der Waals surface area contributed by atoms with E-state index in [2.05, 4.69) is 23.8 Å². The molecule has 3 aliphatic rings. The monoisotopic (exact) mass is 517 g/mol. The first-order valence-corrected chi connectivity index (χ1v) is 11.6. The molecule has 0 radical (unpaired) electrons. The standard InChI is InChI=1S/C30H19N3O6/c1-15(4-6-18-9-11-20-22(13-18)30(39)33(3)29(20)38)24-23(14-34)31-28(37)25(24)16(2)5-7-17-8-10-19-21(12-17)27(36)32-26(19)35/h4-13H,1-2H2,3H3,(H,31,37)(H,32,35,36)/b6-4+,7-5+. The molecule has 2 N–H and O–H groups in total. The van der Waals surface area contributed by atoms with E-state index in [9.17, 15) is 28.8 Å². The number of hydrogen-bond acceptors (Lipinski definition) is 6. The third-order valence-electron chi connectivity index (χ3n) is 6.54. The van der Waals surface area contributed by atoms with Gasteiger partial charge in [0.2, 0.25) is 0 Å². The maximum Gasteiger partial charge on any atom is 0.261 e. The highest BCUT2D eigenvalue weighted by Gasteiger charge is 2.33. The Balaban J connectivity index is 1.43. The highest BCUT2D eigenvalue weighted by atomic mass is 16.2. The summed E-state index contributed by atoms with van der Waals surface area (Å²) in [6.45, 7) is 7.96. The fourth-order valence-corrected chi connectivity index (χ4v) is 4.51. The number of nitrogens with zero attached hydrogens (tertiary/aromatic N) is 1. The number of allylic oxidation sites excluding steroid dienone is 3. The van der Waals surface area contributed by atoms with E-state index in [0.29, 0.717) is 22.3 Å². The molecule has 0 saturated carbocycles. The molecule has 0 aromatic heterocycles. The summed E-state index contributed by atoms with van der Waals surface area (Å²) in [7, 11) is 1.41. The molecule has 0 fully saturated rings. The second-order valence-electron chi connectivity index (χ2n) is 8.96. The van der Waals surface area contributed by atoms with Crippen LogP contribution >= 0.6 is 0 Å². The summed E-state index contributed by atoms with van der Waals surface area (Å²) in [5.74, 6) is -0.552. The van der Waals surface area contributed by atoms with Crippen molar-refractivity contribution in [3.8, 4) is 0 Å². The van der Waals surface area contributed by atoms with E-state index >= 15 is 0 Å². The van der Waals surface area contributed by atoms with E-state index in [-0.39, 0.29) is 45.0 Å². The van der Waals surface area contributed by atoms with E-state index in [1.807, 2.05) is 0 Å². The molecule has 9 heteroatoms. The third-order valence-corrected chi connectivity index (χ3v) is 6.54. The number of nitrogens with one attached hydrogen (secondary N) is 2. The summed E-state index contributed by atoms with van der Waals surface area (Å²) < 4.78 is 0. The van der Waals surface area contributed by atoms with Crippen LogP contribution in [0.15, 0.2) is 89.7 Å². The lowest BCUT2D eigenvalue weighted by molar-refractivity contribution is -0.116. The van der Waals surface area contributed by atoms with Crippen LogP contribution in [0.25, 0.3) is 12.2 Å². The van der Waals surface area contributed by atoms with Gasteiger partial charge in [-0.3, -0.25) is 34.2 Å². The van der Waals surface area contributed by atoms with Crippen LogP contribution in [0.2, 0.25) is 0 Å². The summed E-state index contributed by atoms with van der Waals surface area (Å²) in [4.78, 5) is 73.5. The second-order valence-corrected chi connectivity index (χ2v) is 8.96. The number of benzene rings is 2. The summed E-state index contributed by atoms with van der Waals surface area (Å²) >= 11 is 0. The van der Waals surface area contributed by atoms with E-state index in [1.165, 1.54) is 13.1 Å². The Morgan fingerprint density at radius 3 is 1.90 bits per heavy atom. The first-order chi connectivity index (χ1) is 18.6. The van der Waals surface area contributed by atoms with E-state index in [1.54, 1.807) is 60.6 Å². The SMILES string of the molecule is C=C(/C=C/c1ccc2c(c1)C(=O)NC2=O)C1=C(C(=C)/C=C/c2ccc3c(c2)C(=O)N(C)C3=O)C(=C=O)NC1=O. The minimum Gasteiger partial charge on any atom is -0.312 e. The van der Waals surface area contributed by atoms with Gasteiger partial charge in [0.15, 0.2) is 5.94 Å². The van der Waals surface area contributed by atoms with Gasteiger partial charge >= 0.3 is 0 Å². The van der Waals surface area contributed by atoms with Crippen LogP contribution in [-0.4, -0.2) is 47.4 Å². The molecule has 3 heterocycles. The van der Waals surface area contributed by atoms with Crippen molar-refractivity contribution in [1.29, 1.82) is 0 Å². The van der Waals surface area contributed by atoms with Gasteiger partial charge in [-0.25, -0.2) is 4.79 Å². The fourth-order valence-electron chi connectivity index (χ4n) is 4.51. The minimum absolute atomic E-state index is 0.0942. The number of rotatable bonds is 6. The maximum atomic E-state index is 12.8. The van der Waals surface area contributed by atoms with Gasteiger partial charge in [0.05, 0.1) is 27.8 Å². The molecule has 2 aromatic rings. The van der Waals surface area contributed by atoms with Crippen LogP contribution in [0, 0.1) is 0 Å². The highest BCUT2D eigenvalue weighted by Crippen LogP contribution is 2.32. The Hall–Kier alpha value is -5.66. The summed E-state index contributed by atoms with van der Waals surface area (Å²) in [6.07, 6.45) is 6.39. The van der Waals surface area contributed by atoms with Crippen molar-refractivity contribution in [2.24, 2.45) is 0 Å². The lowest BCUT2D eigenvalue weighted by Crippen LogP contribution is -2.24. The summed E-state index contributed by atoms with van der Waals surface area (Å²) in [6, 6.07) is 9.55. The molecule has 5 rings (SSSR count). The predicted molar refractivity (Wildman–Crippen MR) is 142 cm³/mol. The van der Waals surface area contributed by atoms with Gasteiger partial charge in [0.1, 0.15) is 5.70 Å². The Morgan fingerprint density at radius 1 is 0.718 bits per heavy atom. The average Bonchev–Trinajstić information content (AvgIpc) is 3.50. The van der Waals surface area contributed by atoms with E-state index in [0.717, 1.165) is 4.90 Å². The van der Waals surface area contributed by atoms with Crippen LogP contribution in [0.1, 0.15) is 52.6 Å². The van der Waals surface area contributed by atoms with Gasteiger partial charge in [0.25, 0.3) is 29.5 Å². The Kier molecular flexibility index (Phi) is 5.98. The van der Waals surface area contributed by atoms with Gasteiger partial charge < -0.3 is 5.32 Å². The number of amides is 5. The highest BCUT2D eigenvalue weighted by molar-refractivity contribution is 6.22. The van der Waals surface area contributed by atoms with Crippen LogP contribution in [-0.2, 0) is 9.59 Å². The lowest BCUT2D eigenvalue weighted by atomic mass is 9.95. The lowest BCUT2D eigenvalue weighted by Gasteiger charge is -2.06. The quantitative estimate of drug-likeness (QED) is 0.344. The number of hydrogen-bond donors (Lipinski definition) is 2. The molecular formula is C30H19N3O6. The number of carbonyl (C=O) groups is 5. The largest absolute Gasteiger partial charge is 0.312 e. The van der Waals surface area contributed by atoms with Gasteiger partial charge in [-0.05, 0) is 46.5 Å². The Morgan fingerprint density at radius 2 is 1.26 bits per heavy atom. The van der Waals surface area contributed by atoms with Crippen LogP contribution in [0.4, 0.5) is 0 Å². The predicted octanol–water partition coefficient (Wildman–Crippen LogP) is 2.78. The normalized spacial score (nSPS) is 16.3. The van der Waals surface area contributed by atoms with Crippen molar-refractivity contribution in [2.75, 3.05) is 7.05 Å². The fraction of sp³-hybridized carbons (Fsp3) is 0.0333. The van der Waals surface area contributed by atoms with Crippen molar-refractivity contribution in [2.45, 2.75) is 0 Å². The molecule has 5 amide bonds. The number of imide groups is 2. The zero-order valence-electron chi connectivity index (χ0n) is 20.6. The molecule has 0 unspecified atom stereocenters. The van der Waals surface area contributed by atoms with Crippen molar-refractivity contribution in [1.82, 2.24) is 15.5 Å². The van der Waals surface area contributed by atoms with Crippen LogP contribution in [0.3, 0.4) is 0 Å². The molecule has 190 valence electrons. The smallest absolute Gasteiger partial charge is 0.261 e. The van der Waals surface area contributed by atoms with Crippen LogP contribution < -0.4 is 10.6 Å². The van der Waals surface area contributed by atoms with Crippen molar-refractivity contribution in [3.63, 3.8) is 0 Å². The van der Waals surface area contributed by atoms with Gasteiger partial charge in [-0.1, -0.05) is 49.6 Å². The summed E-state index contributed by atoms with van der Waals surface area (Å²) in [5, 5.41) is 4.70. The molecule has 3 aliphatic heterocycles. The van der Waals surface area contributed by atoms with Crippen molar-refractivity contribution in [3.05, 3.63) is 123 Å². The molecular weight excluding hydrogens is 498 g/mol. The first-order valence-electron chi connectivity index (χ1n) is 11.6. The zero-order valence-corrected chi connectivity index (χ0v) is 20.6. The van der Waals surface area contributed by atoms with Gasteiger partial charge in [0, 0.05) is 12.6 Å². The molecule has 0 atom stereocenters. The molecule has 9 nitrogen and oxygen atoms in total. The molecule has 0 bridgehead atoms. The third kappa shape index (κ3) is 4.19. The van der Waals surface area contributed by atoms with Crippen molar-refractivity contribution >= 4 is 47.6 Å². The summed E-state index contributed by atoms with van der Waals surface area (Å²) in [5.41, 5.74) is 3.16. The van der Waals surface area contributed by atoms with Crippen LogP contribution in [0.5, 0.6) is 0 Å². The maximum absolute atomic E-state index is 12.8. The van der Waals surface area contributed by atoms with Gasteiger partial charge in [-0.15, -0.1) is 0 Å². The average molecular weight is 517 g/mol. The molecule has 0 aliphatic carbocycles. The molecule has 0 saturated heterocycles. The Labute approximate surface area is 222 Å². The molecule has 2 aromatic carbocycles. The van der Waals surface area contributed by atoms with Crippen molar-refractivity contribution < 1.29 is 28.8 Å². The second kappa shape index (κ2) is 9.33. The van der Waals surface area contributed by atoms with E-state index < -0.39 is 23.6 Å². The number of carbonyl (C=O) groups excluding carboxylic acids is 6. The Bertz CT molecular complexity index is 1750.